The van der Waals surface area contributed by atoms with Crippen molar-refractivity contribution in [3.8, 4) is 0 Å². The van der Waals surface area contributed by atoms with E-state index in [0.29, 0.717) is 32.3 Å². The van der Waals surface area contributed by atoms with E-state index in [9.17, 15) is 4.79 Å². The van der Waals surface area contributed by atoms with Crippen molar-refractivity contribution in [1.29, 1.82) is 0 Å². The van der Waals surface area contributed by atoms with E-state index in [1.165, 1.54) is 51.4 Å². The molecule has 4 aliphatic carbocycles. The molecule has 4 bridgehead atoms. The summed E-state index contributed by atoms with van der Waals surface area (Å²) in [5, 5.41) is 6.47. The minimum absolute atomic E-state index is 0.0455. The van der Waals surface area contributed by atoms with Crippen LogP contribution in [-0.2, 0) is 14.2 Å². The van der Waals surface area contributed by atoms with Crippen LogP contribution in [-0.4, -0.2) is 57.8 Å². The molecule has 4 fully saturated rings. The Balaban J connectivity index is 1.08. The van der Waals surface area contributed by atoms with E-state index >= 15 is 0 Å². The fourth-order valence-corrected chi connectivity index (χ4v) is 6.56. The Bertz CT molecular complexity index is 507. The molecule has 4 aliphatic rings. The molecule has 2 amide bonds. The zero-order valence-electron chi connectivity index (χ0n) is 20.7. The summed E-state index contributed by atoms with van der Waals surface area (Å²) < 4.78 is 16.8. The molecule has 0 aromatic rings. The summed E-state index contributed by atoms with van der Waals surface area (Å²) in [6.07, 6.45) is 13.4. The second-order valence-corrected chi connectivity index (χ2v) is 10.8. The lowest BCUT2D eigenvalue weighted by molar-refractivity contribution is -0.0135. The Labute approximate surface area is 195 Å². The van der Waals surface area contributed by atoms with Gasteiger partial charge in [-0.3, -0.25) is 0 Å². The second-order valence-electron chi connectivity index (χ2n) is 10.8. The number of amides is 2. The SMILES string of the molecule is CCCC(C)COCCOCCOCCCCCNC(=O)NC12CC3CC(CC(C3)C1)C2. The lowest BCUT2D eigenvalue weighted by Crippen LogP contribution is -2.61. The molecule has 32 heavy (non-hydrogen) atoms. The van der Waals surface area contributed by atoms with E-state index in [4.69, 9.17) is 14.2 Å². The Morgan fingerprint density at radius 3 is 2.09 bits per heavy atom. The third kappa shape index (κ3) is 8.83. The standard InChI is InChI=1S/C26H48N2O4/c1-3-7-21(2)20-32-13-12-31-11-10-30-9-6-4-5-8-27-25(29)28-26-17-22-14-23(18-26)16-24(15-22)19-26/h21-24H,3-20H2,1-2H3,(H2,27,28,29). The average Bonchev–Trinajstić information content (AvgIpc) is 2.72. The molecule has 0 aromatic carbocycles. The monoisotopic (exact) mass is 452 g/mol. The van der Waals surface area contributed by atoms with Gasteiger partial charge in [0.15, 0.2) is 0 Å². The molecule has 0 heterocycles. The minimum Gasteiger partial charge on any atom is -0.379 e. The van der Waals surface area contributed by atoms with Crippen molar-refractivity contribution in [1.82, 2.24) is 10.6 Å². The first-order chi connectivity index (χ1) is 15.6. The normalized spacial score (nSPS) is 29.2. The van der Waals surface area contributed by atoms with Crippen molar-refractivity contribution in [3.63, 3.8) is 0 Å². The van der Waals surface area contributed by atoms with Crippen LogP contribution >= 0.6 is 0 Å². The molecule has 0 radical (unpaired) electrons. The van der Waals surface area contributed by atoms with Crippen LogP contribution in [0.5, 0.6) is 0 Å². The molecule has 0 saturated heterocycles. The van der Waals surface area contributed by atoms with Crippen LogP contribution in [0.25, 0.3) is 0 Å². The van der Waals surface area contributed by atoms with Crippen molar-refractivity contribution in [3.05, 3.63) is 0 Å². The summed E-state index contributed by atoms with van der Waals surface area (Å²) in [4.78, 5) is 12.4. The van der Waals surface area contributed by atoms with Crippen LogP contribution in [0.2, 0.25) is 0 Å². The maximum Gasteiger partial charge on any atom is 0.315 e. The van der Waals surface area contributed by atoms with Gasteiger partial charge in [-0.1, -0.05) is 20.3 Å². The summed E-state index contributed by atoms with van der Waals surface area (Å²) in [5.41, 5.74) is 0.106. The molecular formula is C26H48N2O4. The molecule has 4 rings (SSSR count). The van der Waals surface area contributed by atoms with Crippen LogP contribution in [0.15, 0.2) is 0 Å². The van der Waals surface area contributed by atoms with Crippen molar-refractivity contribution < 1.29 is 19.0 Å². The third-order valence-corrected chi connectivity index (χ3v) is 7.60. The number of hydrogen-bond donors (Lipinski definition) is 2. The summed E-state index contributed by atoms with van der Waals surface area (Å²) in [5.74, 6) is 3.22. The topological polar surface area (TPSA) is 68.8 Å². The number of nitrogens with one attached hydrogen (secondary N) is 2. The highest BCUT2D eigenvalue weighted by Gasteiger charge is 2.51. The fourth-order valence-electron chi connectivity index (χ4n) is 6.56. The molecule has 6 heteroatoms. The third-order valence-electron chi connectivity index (χ3n) is 7.60. The molecule has 186 valence electrons. The van der Waals surface area contributed by atoms with Crippen LogP contribution in [0, 0.1) is 23.7 Å². The summed E-state index contributed by atoms with van der Waals surface area (Å²) in [6, 6.07) is 0.0455. The number of ether oxygens (including phenoxy) is 3. The van der Waals surface area contributed by atoms with Gasteiger partial charge in [0, 0.05) is 25.3 Å². The van der Waals surface area contributed by atoms with E-state index in [1.807, 2.05) is 0 Å². The van der Waals surface area contributed by atoms with Gasteiger partial charge in [0.2, 0.25) is 0 Å². The lowest BCUT2D eigenvalue weighted by atomic mass is 9.53. The van der Waals surface area contributed by atoms with Crippen molar-refractivity contribution in [2.45, 2.75) is 90.0 Å². The predicted molar refractivity (Wildman–Crippen MR) is 128 cm³/mol. The minimum atomic E-state index is 0.0455. The predicted octanol–water partition coefficient (Wildman–Crippen LogP) is 4.91. The Morgan fingerprint density at radius 2 is 1.47 bits per heavy atom. The molecule has 1 atom stereocenters. The summed E-state index contributed by atoms with van der Waals surface area (Å²) in [7, 11) is 0. The summed E-state index contributed by atoms with van der Waals surface area (Å²) in [6.45, 7) is 9.33. The van der Waals surface area contributed by atoms with Crippen LogP contribution < -0.4 is 10.6 Å². The molecular weight excluding hydrogens is 404 g/mol. The van der Waals surface area contributed by atoms with E-state index in [0.717, 1.165) is 56.8 Å². The Kier molecular flexibility index (Phi) is 11.1. The van der Waals surface area contributed by atoms with Gasteiger partial charge in [-0.25, -0.2) is 4.79 Å². The number of carbonyl (C=O) groups excluding carboxylic acids is 1. The Morgan fingerprint density at radius 1 is 0.875 bits per heavy atom. The molecule has 2 N–H and O–H groups in total. The zero-order chi connectivity index (χ0) is 22.7. The lowest BCUT2D eigenvalue weighted by Gasteiger charge is -2.56. The van der Waals surface area contributed by atoms with Crippen LogP contribution in [0.1, 0.15) is 84.5 Å². The van der Waals surface area contributed by atoms with Crippen molar-refractivity contribution in [2.75, 3.05) is 46.2 Å². The Hall–Kier alpha value is -0.850. The van der Waals surface area contributed by atoms with E-state index < -0.39 is 0 Å². The highest BCUT2D eigenvalue weighted by Crippen LogP contribution is 2.55. The largest absolute Gasteiger partial charge is 0.379 e. The van der Waals surface area contributed by atoms with Gasteiger partial charge in [-0.15, -0.1) is 0 Å². The first-order valence-corrected chi connectivity index (χ1v) is 13.4. The quantitative estimate of drug-likeness (QED) is 0.308. The van der Waals surface area contributed by atoms with Gasteiger partial charge in [-0.05, 0) is 87.9 Å². The zero-order valence-corrected chi connectivity index (χ0v) is 20.7. The second kappa shape index (κ2) is 13.8. The number of unbranched alkanes of at least 4 members (excludes halogenated alkanes) is 2. The highest BCUT2D eigenvalue weighted by molar-refractivity contribution is 5.74. The molecule has 1 unspecified atom stereocenters. The summed E-state index contributed by atoms with van der Waals surface area (Å²) >= 11 is 0. The van der Waals surface area contributed by atoms with Gasteiger partial charge in [0.1, 0.15) is 0 Å². The van der Waals surface area contributed by atoms with Crippen LogP contribution in [0.4, 0.5) is 4.79 Å². The van der Waals surface area contributed by atoms with E-state index in [2.05, 4.69) is 24.5 Å². The van der Waals surface area contributed by atoms with Gasteiger partial charge in [-0.2, -0.15) is 0 Å². The van der Waals surface area contributed by atoms with Crippen molar-refractivity contribution in [2.24, 2.45) is 23.7 Å². The van der Waals surface area contributed by atoms with Crippen LogP contribution in [0.3, 0.4) is 0 Å². The van der Waals surface area contributed by atoms with Gasteiger partial charge >= 0.3 is 6.03 Å². The van der Waals surface area contributed by atoms with Gasteiger partial charge in [0.25, 0.3) is 0 Å². The first-order valence-electron chi connectivity index (χ1n) is 13.4. The van der Waals surface area contributed by atoms with Gasteiger partial charge < -0.3 is 24.8 Å². The van der Waals surface area contributed by atoms with Crippen molar-refractivity contribution >= 4 is 6.03 Å². The molecule has 4 saturated carbocycles. The number of urea groups is 1. The maximum atomic E-state index is 12.4. The number of rotatable bonds is 17. The highest BCUT2D eigenvalue weighted by atomic mass is 16.5. The van der Waals surface area contributed by atoms with Gasteiger partial charge in [0.05, 0.1) is 26.4 Å². The van der Waals surface area contributed by atoms with E-state index in [-0.39, 0.29) is 11.6 Å². The molecule has 6 nitrogen and oxygen atoms in total. The van der Waals surface area contributed by atoms with E-state index in [1.54, 1.807) is 0 Å². The molecule has 0 aromatic heterocycles. The maximum absolute atomic E-state index is 12.4. The molecule has 0 spiro atoms. The molecule has 0 aliphatic heterocycles. The number of hydrogen-bond acceptors (Lipinski definition) is 4. The fraction of sp³-hybridized carbons (Fsp3) is 0.962. The smallest absolute Gasteiger partial charge is 0.315 e. The first kappa shape index (κ1) is 25.8. The average molecular weight is 453 g/mol. The number of carbonyl (C=O) groups is 1.